The van der Waals surface area contributed by atoms with Gasteiger partial charge in [0.15, 0.2) is 9.84 Å². The topological polar surface area (TPSA) is 83.6 Å². The predicted molar refractivity (Wildman–Crippen MR) is 110 cm³/mol. The van der Waals surface area contributed by atoms with Gasteiger partial charge < -0.3 is 10.2 Å². The van der Waals surface area contributed by atoms with E-state index in [0.717, 1.165) is 16.8 Å². The summed E-state index contributed by atoms with van der Waals surface area (Å²) in [5.41, 5.74) is 2.88. The minimum Gasteiger partial charge on any atom is -0.326 e. The number of nitrogens with one attached hydrogen (secondary N) is 1. The Kier molecular flexibility index (Phi) is 5.76. The van der Waals surface area contributed by atoms with Crippen molar-refractivity contribution < 1.29 is 18.0 Å². The van der Waals surface area contributed by atoms with E-state index < -0.39 is 15.7 Å². The first-order chi connectivity index (χ1) is 13.2. The molecular formula is C20H21ClN2O4S. The predicted octanol–water partition coefficient (Wildman–Crippen LogP) is 3.36. The fourth-order valence-corrected chi connectivity index (χ4v) is 4.66. The van der Waals surface area contributed by atoms with E-state index in [-0.39, 0.29) is 23.0 Å². The summed E-state index contributed by atoms with van der Waals surface area (Å²) in [6.45, 7) is 3.82. The van der Waals surface area contributed by atoms with Crippen molar-refractivity contribution in [3.05, 3.63) is 52.5 Å². The highest BCUT2D eigenvalue weighted by molar-refractivity contribution is 7.91. The summed E-state index contributed by atoms with van der Waals surface area (Å²) in [6.07, 6.45) is 0.456. The van der Waals surface area contributed by atoms with Gasteiger partial charge in [-0.15, -0.1) is 0 Å². The molecule has 0 unspecified atom stereocenters. The van der Waals surface area contributed by atoms with Crippen LogP contribution >= 0.6 is 11.6 Å². The van der Waals surface area contributed by atoms with Crippen LogP contribution in [0.25, 0.3) is 0 Å². The summed E-state index contributed by atoms with van der Waals surface area (Å²) in [5.74, 6) is -0.756. The molecule has 1 N–H and O–H groups in total. The Bertz CT molecular complexity index is 1050. The first-order valence-electron chi connectivity index (χ1n) is 8.88. The van der Waals surface area contributed by atoms with Crippen LogP contribution in [0.1, 0.15) is 24.5 Å². The van der Waals surface area contributed by atoms with Crippen molar-refractivity contribution in [3.8, 4) is 0 Å². The van der Waals surface area contributed by atoms with Crippen molar-refractivity contribution in [3.63, 3.8) is 0 Å². The average Bonchev–Trinajstić information content (AvgIpc) is 3.07. The molecule has 148 valence electrons. The summed E-state index contributed by atoms with van der Waals surface area (Å²) < 4.78 is 25.3. The molecule has 0 atom stereocenters. The smallest absolute Gasteiger partial charge is 0.225 e. The number of halogens is 1. The van der Waals surface area contributed by atoms with Crippen molar-refractivity contribution in [2.45, 2.75) is 31.6 Å². The highest BCUT2D eigenvalue weighted by atomic mass is 35.5. The van der Waals surface area contributed by atoms with Gasteiger partial charge in [0, 0.05) is 36.3 Å². The van der Waals surface area contributed by atoms with Gasteiger partial charge in [-0.1, -0.05) is 17.7 Å². The van der Waals surface area contributed by atoms with E-state index in [1.165, 1.54) is 13.0 Å². The average molecular weight is 421 g/mol. The van der Waals surface area contributed by atoms with Crippen LogP contribution in [0, 0.1) is 6.92 Å². The molecule has 28 heavy (non-hydrogen) atoms. The standard InChI is InChI=1S/C20H21ClN2O4S/c1-13-17(21)4-3-5-18(13)22-20(25)9-11-28(26,27)16-6-7-19-15(12-16)8-10-23(19)14(2)24/h3-7,12H,8-11H2,1-2H3,(H,22,25). The van der Waals surface area contributed by atoms with Crippen LogP contribution in [-0.4, -0.2) is 32.5 Å². The van der Waals surface area contributed by atoms with Crippen LogP contribution < -0.4 is 10.2 Å². The zero-order valence-electron chi connectivity index (χ0n) is 15.7. The van der Waals surface area contributed by atoms with Crippen molar-refractivity contribution in [1.82, 2.24) is 0 Å². The largest absolute Gasteiger partial charge is 0.326 e. The van der Waals surface area contributed by atoms with Crippen molar-refractivity contribution >= 4 is 44.6 Å². The third kappa shape index (κ3) is 4.20. The van der Waals surface area contributed by atoms with Gasteiger partial charge in [-0.05, 0) is 54.8 Å². The maximum atomic E-state index is 12.6. The second-order valence-electron chi connectivity index (χ2n) is 6.74. The molecule has 0 saturated carbocycles. The van der Waals surface area contributed by atoms with Gasteiger partial charge in [0.25, 0.3) is 0 Å². The lowest BCUT2D eigenvalue weighted by atomic mass is 10.2. The molecule has 2 aromatic carbocycles. The molecule has 6 nitrogen and oxygen atoms in total. The quantitative estimate of drug-likeness (QED) is 0.803. The highest BCUT2D eigenvalue weighted by Crippen LogP contribution is 2.30. The van der Waals surface area contributed by atoms with Gasteiger partial charge in [0.1, 0.15) is 0 Å². The number of carbonyl (C=O) groups is 2. The molecular weight excluding hydrogens is 400 g/mol. The zero-order valence-corrected chi connectivity index (χ0v) is 17.2. The number of nitrogens with zero attached hydrogens (tertiary/aromatic N) is 1. The Labute approximate surface area is 169 Å². The third-order valence-corrected chi connectivity index (χ3v) is 6.95. The van der Waals surface area contributed by atoms with E-state index in [0.29, 0.717) is 23.7 Å². The Morgan fingerprint density at radius 2 is 1.96 bits per heavy atom. The molecule has 3 rings (SSSR count). The van der Waals surface area contributed by atoms with Crippen LogP contribution in [0.4, 0.5) is 11.4 Å². The Hall–Kier alpha value is -2.38. The fraction of sp³-hybridized carbons (Fsp3) is 0.300. The number of hydrogen-bond acceptors (Lipinski definition) is 4. The van der Waals surface area contributed by atoms with E-state index in [1.807, 2.05) is 0 Å². The molecule has 0 radical (unpaired) electrons. The Balaban J connectivity index is 1.68. The van der Waals surface area contributed by atoms with Crippen LogP contribution in [0.3, 0.4) is 0 Å². The highest BCUT2D eigenvalue weighted by Gasteiger charge is 2.25. The first-order valence-corrected chi connectivity index (χ1v) is 10.9. The lowest BCUT2D eigenvalue weighted by Gasteiger charge is -2.15. The SMILES string of the molecule is CC(=O)N1CCc2cc(S(=O)(=O)CCC(=O)Nc3cccc(Cl)c3C)ccc21. The minimum atomic E-state index is -3.62. The molecule has 2 aromatic rings. The molecule has 0 aromatic heterocycles. The first kappa shape index (κ1) is 20.4. The van der Waals surface area contributed by atoms with Crippen molar-refractivity contribution in [2.75, 3.05) is 22.5 Å². The van der Waals surface area contributed by atoms with Crippen LogP contribution in [0.5, 0.6) is 0 Å². The van der Waals surface area contributed by atoms with Crippen LogP contribution in [-0.2, 0) is 25.8 Å². The number of amides is 2. The summed E-state index contributed by atoms with van der Waals surface area (Å²) in [5, 5.41) is 3.23. The molecule has 0 bridgehead atoms. The Morgan fingerprint density at radius 1 is 1.21 bits per heavy atom. The second kappa shape index (κ2) is 7.93. The molecule has 1 aliphatic heterocycles. The minimum absolute atomic E-state index is 0.0673. The number of anilines is 2. The summed E-state index contributed by atoms with van der Waals surface area (Å²) >= 11 is 6.03. The maximum absolute atomic E-state index is 12.6. The molecule has 0 spiro atoms. The Morgan fingerprint density at radius 3 is 2.68 bits per heavy atom. The number of carbonyl (C=O) groups excluding carboxylic acids is 2. The number of benzene rings is 2. The van der Waals surface area contributed by atoms with Gasteiger partial charge in [-0.3, -0.25) is 9.59 Å². The molecule has 0 saturated heterocycles. The van der Waals surface area contributed by atoms with Crippen LogP contribution in [0.15, 0.2) is 41.3 Å². The number of hydrogen-bond donors (Lipinski definition) is 1. The lowest BCUT2D eigenvalue weighted by Crippen LogP contribution is -2.25. The zero-order chi connectivity index (χ0) is 20.5. The van der Waals surface area contributed by atoms with E-state index >= 15 is 0 Å². The number of sulfone groups is 1. The van der Waals surface area contributed by atoms with Crippen molar-refractivity contribution in [2.24, 2.45) is 0 Å². The number of fused-ring (bicyclic) bond motifs is 1. The molecule has 0 aliphatic carbocycles. The normalized spacial score (nSPS) is 13.3. The van der Waals surface area contributed by atoms with Gasteiger partial charge in [-0.25, -0.2) is 8.42 Å². The summed E-state index contributed by atoms with van der Waals surface area (Å²) in [6, 6.07) is 9.91. The monoisotopic (exact) mass is 420 g/mol. The molecule has 0 fully saturated rings. The van der Waals surface area contributed by atoms with Gasteiger partial charge >= 0.3 is 0 Å². The van der Waals surface area contributed by atoms with Crippen molar-refractivity contribution in [1.29, 1.82) is 0 Å². The second-order valence-corrected chi connectivity index (χ2v) is 9.26. The molecule has 2 amide bonds. The van der Waals surface area contributed by atoms with E-state index in [9.17, 15) is 18.0 Å². The summed E-state index contributed by atoms with van der Waals surface area (Å²) in [7, 11) is -3.62. The van der Waals surface area contributed by atoms with E-state index in [4.69, 9.17) is 11.6 Å². The van der Waals surface area contributed by atoms with Gasteiger partial charge in [0.2, 0.25) is 11.8 Å². The number of rotatable bonds is 5. The molecule has 8 heteroatoms. The summed E-state index contributed by atoms with van der Waals surface area (Å²) in [4.78, 5) is 25.6. The lowest BCUT2D eigenvalue weighted by molar-refractivity contribution is -0.117. The van der Waals surface area contributed by atoms with Gasteiger partial charge in [-0.2, -0.15) is 0 Å². The van der Waals surface area contributed by atoms with Gasteiger partial charge in [0.05, 0.1) is 10.6 Å². The fourth-order valence-electron chi connectivity index (χ4n) is 3.20. The van der Waals surface area contributed by atoms with E-state index in [1.54, 1.807) is 42.2 Å². The molecule has 1 heterocycles. The third-order valence-electron chi connectivity index (χ3n) is 4.83. The van der Waals surface area contributed by atoms with Crippen LogP contribution in [0.2, 0.25) is 5.02 Å². The maximum Gasteiger partial charge on any atom is 0.225 e. The molecule has 1 aliphatic rings. The van der Waals surface area contributed by atoms with E-state index in [2.05, 4.69) is 5.32 Å².